The molecular weight excluding hydrogens is 363 g/mol. The summed E-state index contributed by atoms with van der Waals surface area (Å²) in [5.41, 5.74) is 0.682. The van der Waals surface area contributed by atoms with Crippen molar-refractivity contribution < 1.29 is 8.91 Å². The molecule has 3 heterocycles. The quantitative estimate of drug-likeness (QED) is 0.423. The van der Waals surface area contributed by atoms with E-state index in [0.717, 1.165) is 4.88 Å². The van der Waals surface area contributed by atoms with Crippen LogP contribution in [0, 0.1) is 5.82 Å². The summed E-state index contributed by atoms with van der Waals surface area (Å²) in [5, 5.41) is 14.5. The van der Waals surface area contributed by atoms with E-state index >= 15 is 0 Å². The number of nitrogens with two attached hydrogens (primary N) is 1. The Morgan fingerprint density at radius 1 is 1.20 bits per heavy atom. The molecule has 0 fully saturated rings. The number of benzene rings is 1. The average Bonchev–Trinajstić information content (AvgIpc) is 3.35. The Balaban J connectivity index is 1.48. The molecule has 3 aromatic heterocycles. The number of nitrogen functional groups attached to an aromatic ring is 1. The van der Waals surface area contributed by atoms with Crippen molar-refractivity contribution in [1.82, 2.24) is 25.0 Å². The molecule has 126 valence electrons. The molecule has 2 N–H and O–H groups in total. The van der Waals surface area contributed by atoms with Gasteiger partial charge >= 0.3 is 0 Å². The van der Waals surface area contributed by atoms with Crippen molar-refractivity contribution in [3.63, 3.8) is 0 Å². The second-order valence-corrected chi connectivity index (χ2v) is 6.85. The second-order valence-electron chi connectivity index (χ2n) is 4.96. The molecule has 0 aliphatic rings. The molecule has 10 heteroatoms. The van der Waals surface area contributed by atoms with Gasteiger partial charge in [-0.3, -0.25) is 0 Å². The first-order valence-corrected chi connectivity index (χ1v) is 9.03. The summed E-state index contributed by atoms with van der Waals surface area (Å²) in [6, 6.07) is 9.75. The van der Waals surface area contributed by atoms with Gasteiger partial charge in [0.05, 0.1) is 10.6 Å². The van der Waals surface area contributed by atoms with Gasteiger partial charge < -0.3 is 10.4 Å². The van der Waals surface area contributed by atoms with Crippen LogP contribution in [0.1, 0.15) is 5.89 Å². The Morgan fingerprint density at radius 2 is 2.04 bits per heavy atom. The summed E-state index contributed by atoms with van der Waals surface area (Å²) in [6.07, 6.45) is 0. The summed E-state index contributed by atoms with van der Waals surface area (Å²) in [5.74, 6) is 7.61. The maximum atomic E-state index is 13.0. The molecule has 0 saturated carbocycles. The first-order chi connectivity index (χ1) is 12.2. The molecule has 0 unspecified atom stereocenters. The van der Waals surface area contributed by atoms with Gasteiger partial charge in [0.25, 0.3) is 0 Å². The standard InChI is InChI=1S/C15H11FN6OS2/c16-10-5-3-9(4-6-10)14-19-20-15(22(14)17)25-8-12-18-13(21-23-12)11-2-1-7-24-11/h1-7H,8,17H2. The van der Waals surface area contributed by atoms with Gasteiger partial charge in [0.2, 0.25) is 16.9 Å². The number of aromatic nitrogens is 5. The molecule has 7 nitrogen and oxygen atoms in total. The first kappa shape index (κ1) is 15.8. The van der Waals surface area contributed by atoms with E-state index in [0.29, 0.717) is 34.0 Å². The number of hydrogen-bond acceptors (Lipinski definition) is 8. The minimum atomic E-state index is -0.320. The Morgan fingerprint density at radius 3 is 2.80 bits per heavy atom. The molecule has 0 atom stereocenters. The summed E-state index contributed by atoms with van der Waals surface area (Å²) < 4.78 is 19.6. The van der Waals surface area contributed by atoms with Crippen LogP contribution in [0.5, 0.6) is 0 Å². The van der Waals surface area contributed by atoms with E-state index in [1.54, 1.807) is 23.5 Å². The fourth-order valence-electron chi connectivity index (χ4n) is 2.12. The van der Waals surface area contributed by atoms with E-state index in [4.69, 9.17) is 10.4 Å². The van der Waals surface area contributed by atoms with Crippen LogP contribution >= 0.6 is 23.1 Å². The van der Waals surface area contributed by atoms with Gasteiger partial charge in [-0.1, -0.05) is 23.0 Å². The normalized spacial score (nSPS) is 11.1. The number of nitrogens with zero attached hydrogens (tertiary/aromatic N) is 5. The van der Waals surface area contributed by atoms with Crippen molar-refractivity contribution in [2.45, 2.75) is 10.9 Å². The predicted molar refractivity (Wildman–Crippen MR) is 92.7 cm³/mol. The van der Waals surface area contributed by atoms with E-state index in [2.05, 4.69) is 20.3 Å². The van der Waals surface area contributed by atoms with Gasteiger partial charge in [-0.2, -0.15) is 4.98 Å². The molecule has 4 rings (SSSR count). The topological polar surface area (TPSA) is 95.7 Å². The van der Waals surface area contributed by atoms with Crippen LogP contribution in [0.15, 0.2) is 51.5 Å². The summed E-state index contributed by atoms with van der Waals surface area (Å²) >= 11 is 2.87. The van der Waals surface area contributed by atoms with E-state index in [9.17, 15) is 4.39 Å². The predicted octanol–water partition coefficient (Wildman–Crippen LogP) is 3.20. The zero-order chi connectivity index (χ0) is 17.2. The zero-order valence-corrected chi connectivity index (χ0v) is 14.3. The van der Waals surface area contributed by atoms with Gasteiger partial charge in [-0.15, -0.1) is 21.5 Å². The molecular formula is C15H11FN6OS2. The third-order valence-electron chi connectivity index (χ3n) is 3.30. The number of rotatable bonds is 5. The lowest BCUT2D eigenvalue weighted by atomic mass is 10.2. The molecule has 0 aliphatic heterocycles. The summed E-state index contributed by atoms with van der Waals surface area (Å²) in [7, 11) is 0. The van der Waals surface area contributed by atoms with Gasteiger partial charge in [0, 0.05) is 5.56 Å². The highest BCUT2D eigenvalue weighted by Crippen LogP contribution is 2.26. The lowest BCUT2D eigenvalue weighted by molar-refractivity contribution is 0.391. The molecule has 4 aromatic rings. The van der Waals surface area contributed by atoms with Gasteiger partial charge in [-0.05, 0) is 35.7 Å². The van der Waals surface area contributed by atoms with Crippen molar-refractivity contribution in [3.05, 3.63) is 53.5 Å². The van der Waals surface area contributed by atoms with E-state index in [-0.39, 0.29) is 5.82 Å². The minimum absolute atomic E-state index is 0.320. The SMILES string of the molecule is Nn1c(SCc2nc(-c3cccs3)no2)nnc1-c1ccc(F)cc1. The second kappa shape index (κ2) is 6.65. The first-order valence-electron chi connectivity index (χ1n) is 7.16. The largest absolute Gasteiger partial charge is 0.338 e. The molecule has 0 spiro atoms. The maximum Gasteiger partial charge on any atom is 0.237 e. The minimum Gasteiger partial charge on any atom is -0.338 e. The third-order valence-corrected chi connectivity index (χ3v) is 5.09. The summed E-state index contributed by atoms with van der Waals surface area (Å²) in [6.45, 7) is 0. The Labute approximate surface area is 149 Å². The number of thioether (sulfide) groups is 1. The monoisotopic (exact) mass is 374 g/mol. The summed E-state index contributed by atoms with van der Waals surface area (Å²) in [4.78, 5) is 5.29. The lowest BCUT2D eigenvalue weighted by Gasteiger charge is -2.02. The number of hydrogen-bond donors (Lipinski definition) is 1. The maximum absolute atomic E-state index is 13.0. The van der Waals surface area contributed by atoms with Crippen LogP contribution in [-0.2, 0) is 5.75 Å². The van der Waals surface area contributed by atoms with Crippen LogP contribution in [0.4, 0.5) is 4.39 Å². The van der Waals surface area contributed by atoms with Crippen LogP contribution in [0.2, 0.25) is 0 Å². The van der Waals surface area contributed by atoms with Crippen LogP contribution in [0.25, 0.3) is 22.1 Å². The molecule has 0 bridgehead atoms. The fraction of sp³-hybridized carbons (Fsp3) is 0.0667. The third kappa shape index (κ3) is 3.26. The number of thiophene rings is 1. The Bertz CT molecular complexity index is 980. The lowest BCUT2D eigenvalue weighted by Crippen LogP contribution is -2.11. The van der Waals surface area contributed by atoms with Crippen LogP contribution in [-0.4, -0.2) is 25.0 Å². The highest BCUT2D eigenvalue weighted by molar-refractivity contribution is 7.98. The molecule has 0 aliphatic carbocycles. The van der Waals surface area contributed by atoms with Crippen LogP contribution < -0.4 is 5.84 Å². The fourth-order valence-corrected chi connectivity index (χ4v) is 3.46. The molecule has 0 amide bonds. The highest BCUT2D eigenvalue weighted by Gasteiger charge is 2.15. The van der Waals surface area contributed by atoms with Crippen molar-refractivity contribution in [1.29, 1.82) is 0 Å². The molecule has 0 radical (unpaired) electrons. The van der Waals surface area contributed by atoms with E-state index < -0.39 is 0 Å². The van der Waals surface area contributed by atoms with Gasteiger partial charge in [0.1, 0.15) is 5.82 Å². The smallest absolute Gasteiger partial charge is 0.237 e. The highest BCUT2D eigenvalue weighted by atomic mass is 32.2. The van der Waals surface area contributed by atoms with Crippen molar-refractivity contribution in [2.24, 2.45) is 0 Å². The molecule has 25 heavy (non-hydrogen) atoms. The molecule has 0 saturated heterocycles. The van der Waals surface area contributed by atoms with Gasteiger partial charge in [-0.25, -0.2) is 9.07 Å². The average molecular weight is 374 g/mol. The van der Waals surface area contributed by atoms with Gasteiger partial charge in [0.15, 0.2) is 5.82 Å². The van der Waals surface area contributed by atoms with E-state index in [1.807, 2.05) is 17.5 Å². The Kier molecular flexibility index (Phi) is 4.20. The van der Waals surface area contributed by atoms with Crippen molar-refractivity contribution >= 4 is 23.1 Å². The van der Waals surface area contributed by atoms with E-state index in [1.165, 1.54) is 28.6 Å². The van der Waals surface area contributed by atoms with Crippen molar-refractivity contribution in [3.8, 4) is 22.1 Å². The Hall–Kier alpha value is -2.72. The van der Waals surface area contributed by atoms with Crippen LogP contribution in [0.3, 0.4) is 0 Å². The van der Waals surface area contributed by atoms with Crippen molar-refractivity contribution in [2.75, 3.05) is 5.84 Å². The zero-order valence-electron chi connectivity index (χ0n) is 12.7. The number of halogens is 1. The molecule has 1 aromatic carbocycles.